The molecule has 0 aliphatic heterocycles. The molecule has 1 fully saturated rings. The average Bonchev–Trinajstić information content (AvgIpc) is 2.99. The zero-order valence-electron chi connectivity index (χ0n) is 10.2. The van der Waals surface area contributed by atoms with Gasteiger partial charge in [-0.05, 0) is 51.6 Å². The van der Waals surface area contributed by atoms with E-state index in [1.54, 1.807) is 0 Å². The van der Waals surface area contributed by atoms with E-state index in [1.165, 1.54) is 25.8 Å². The Balaban J connectivity index is 2.23. The first-order valence-electron chi connectivity index (χ1n) is 6.19. The van der Waals surface area contributed by atoms with Gasteiger partial charge in [-0.15, -0.1) is 0 Å². The molecule has 0 aromatic rings. The van der Waals surface area contributed by atoms with Crippen LogP contribution in [-0.2, 0) is 0 Å². The van der Waals surface area contributed by atoms with E-state index >= 15 is 0 Å². The van der Waals surface area contributed by atoms with E-state index in [0.717, 1.165) is 25.4 Å². The average molecular weight is 214 g/mol. The van der Waals surface area contributed by atoms with Crippen molar-refractivity contribution in [3.8, 4) is 0 Å². The summed E-state index contributed by atoms with van der Waals surface area (Å²) in [5, 5.41) is 9.09. The van der Waals surface area contributed by atoms with Gasteiger partial charge in [0, 0.05) is 12.1 Å². The summed E-state index contributed by atoms with van der Waals surface area (Å²) in [7, 11) is 0. The molecule has 0 bridgehead atoms. The summed E-state index contributed by atoms with van der Waals surface area (Å²) in [6.45, 7) is 7.64. The second-order valence-corrected chi connectivity index (χ2v) is 5.31. The lowest BCUT2D eigenvalue weighted by molar-refractivity contribution is 0.172. The van der Waals surface area contributed by atoms with Crippen LogP contribution in [0, 0.1) is 5.92 Å². The summed E-state index contributed by atoms with van der Waals surface area (Å²) in [5.74, 6) is 0.940. The van der Waals surface area contributed by atoms with Gasteiger partial charge in [0.25, 0.3) is 0 Å². The molecule has 3 N–H and O–H groups in total. The fourth-order valence-electron chi connectivity index (χ4n) is 1.77. The monoisotopic (exact) mass is 214 g/mol. The van der Waals surface area contributed by atoms with Crippen LogP contribution < -0.4 is 5.73 Å². The number of aliphatic hydroxyl groups excluding tert-OH is 1. The van der Waals surface area contributed by atoms with Crippen LogP contribution in [0.25, 0.3) is 0 Å². The van der Waals surface area contributed by atoms with Crippen molar-refractivity contribution < 1.29 is 5.11 Å². The number of hydrogen-bond acceptors (Lipinski definition) is 3. The largest absolute Gasteiger partial charge is 0.394 e. The summed E-state index contributed by atoms with van der Waals surface area (Å²) < 4.78 is 0. The van der Waals surface area contributed by atoms with Crippen molar-refractivity contribution in [3.63, 3.8) is 0 Å². The Morgan fingerprint density at radius 1 is 1.40 bits per heavy atom. The number of nitrogens with zero attached hydrogens (tertiary/aromatic N) is 1. The van der Waals surface area contributed by atoms with Gasteiger partial charge in [0.05, 0.1) is 6.61 Å². The minimum Gasteiger partial charge on any atom is -0.394 e. The fraction of sp³-hybridized carbons (Fsp3) is 1.00. The van der Waals surface area contributed by atoms with Gasteiger partial charge in [-0.1, -0.05) is 6.92 Å². The van der Waals surface area contributed by atoms with Crippen molar-refractivity contribution in [3.05, 3.63) is 0 Å². The second kappa shape index (κ2) is 5.83. The van der Waals surface area contributed by atoms with Crippen LogP contribution in [-0.4, -0.2) is 41.8 Å². The second-order valence-electron chi connectivity index (χ2n) is 5.31. The van der Waals surface area contributed by atoms with E-state index in [1.807, 2.05) is 6.92 Å². The van der Waals surface area contributed by atoms with E-state index < -0.39 is 5.54 Å². The van der Waals surface area contributed by atoms with Crippen LogP contribution in [0.2, 0.25) is 0 Å². The highest BCUT2D eigenvalue weighted by atomic mass is 16.3. The van der Waals surface area contributed by atoms with Crippen molar-refractivity contribution >= 4 is 0 Å². The normalized spacial score (nSPS) is 20.6. The SMILES string of the molecule is CCCN(CCC(C)(N)CO)CC1CC1. The Morgan fingerprint density at radius 3 is 2.53 bits per heavy atom. The van der Waals surface area contributed by atoms with Crippen molar-refractivity contribution in [2.45, 2.75) is 45.1 Å². The molecule has 0 aromatic carbocycles. The molecule has 1 rings (SSSR count). The molecule has 1 atom stereocenters. The van der Waals surface area contributed by atoms with Crippen LogP contribution >= 0.6 is 0 Å². The summed E-state index contributed by atoms with van der Waals surface area (Å²) >= 11 is 0. The highest BCUT2D eigenvalue weighted by Crippen LogP contribution is 2.29. The standard InChI is InChI=1S/C12H26N2O/c1-3-7-14(9-11-4-5-11)8-6-12(2,13)10-15/h11,15H,3-10,13H2,1-2H3. The highest BCUT2D eigenvalue weighted by Gasteiger charge is 2.25. The molecule has 0 heterocycles. The zero-order valence-corrected chi connectivity index (χ0v) is 10.2. The predicted octanol–water partition coefficient (Wildman–Crippen LogP) is 1.21. The molecule has 15 heavy (non-hydrogen) atoms. The Hall–Kier alpha value is -0.120. The summed E-state index contributed by atoms with van der Waals surface area (Å²) in [6.07, 6.45) is 4.89. The molecule has 3 nitrogen and oxygen atoms in total. The van der Waals surface area contributed by atoms with Gasteiger partial charge in [0.15, 0.2) is 0 Å². The van der Waals surface area contributed by atoms with Crippen molar-refractivity contribution in [2.75, 3.05) is 26.2 Å². The summed E-state index contributed by atoms with van der Waals surface area (Å²) in [4.78, 5) is 2.50. The highest BCUT2D eigenvalue weighted by molar-refractivity contribution is 4.81. The fourth-order valence-corrected chi connectivity index (χ4v) is 1.77. The van der Waals surface area contributed by atoms with E-state index in [-0.39, 0.29) is 6.61 Å². The maximum Gasteiger partial charge on any atom is 0.0608 e. The molecule has 3 heteroatoms. The minimum atomic E-state index is -0.407. The molecule has 1 saturated carbocycles. The molecular formula is C12H26N2O. The van der Waals surface area contributed by atoms with Crippen LogP contribution in [0.3, 0.4) is 0 Å². The first-order valence-corrected chi connectivity index (χ1v) is 6.19. The van der Waals surface area contributed by atoms with E-state index in [0.29, 0.717) is 0 Å². The van der Waals surface area contributed by atoms with Crippen LogP contribution in [0.15, 0.2) is 0 Å². The predicted molar refractivity (Wildman–Crippen MR) is 63.8 cm³/mol. The van der Waals surface area contributed by atoms with Gasteiger partial charge in [-0.2, -0.15) is 0 Å². The number of hydrogen-bond donors (Lipinski definition) is 2. The lowest BCUT2D eigenvalue weighted by atomic mass is 10.0. The van der Waals surface area contributed by atoms with Crippen LogP contribution in [0.4, 0.5) is 0 Å². The number of nitrogens with two attached hydrogens (primary N) is 1. The molecule has 0 saturated heterocycles. The van der Waals surface area contributed by atoms with Gasteiger partial charge >= 0.3 is 0 Å². The van der Waals surface area contributed by atoms with Gasteiger partial charge in [-0.3, -0.25) is 0 Å². The third-order valence-electron chi connectivity index (χ3n) is 3.11. The van der Waals surface area contributed by atoms with Gasteiger partial charge in [0.1, 0.15) is 0 Å². The summed E-state index contributed by atoms with van der Waals surface area (Å²) in [5.41, 5.74) is 5.52. The third-order valence-corrected chi connectivity index (χ3v) is 3.11. The lowest BCUT2D eigenvalue weighted by Gasteiger charge is -2.27. The first kappa shape index (κ1) is 12.9. The Labute approximate surface area is 93.6 Å². The van der Waals surface area contributed by atoms with Crippen molar-refractivity contribution in [1.82, 2.24) is 4.90 Å². The molecule has 1 unspecified atom stereocenters. The first-order chi connectivity index (χ1) is 7.07. The van der Waals surface area contributed by atoms with E-state index in [4.69, 9.17) is 10.8 Å². The van der Waals surface area contributed by atoms with Crippen molar-refractivity contribution in [2.24, 2.45) is 11.7 Å². The van der Waals surface area contributed by atoms with Gasteiger partial charge in [-0.25, -0.2) is 0 Å². The van der Waals surface area contributed by atoms with E-state index in [9.17, 15) is 0 Å². The number of rotatable bonds is 8. The minimum absolute atomic E-state index is 0.0798. The molecule has 1 aliphatic rings. The van der Waals surface area contributed by atoms with Gasteiger partial charge in [0.2, 0.25) is 0 Å². The molecular weight excluding hydrogens is 188 g/mol. The summed E-state index contributed by atoms with van der Waals surface area (Å²) in [6, 6.07) is 0. The Kier molecular flexibility index (Phi) is 5.03. The Morgan fingerprint density at radius 2 is 2.07 bits per heavy atom. The zero-order chi connectivity index (χ0) is 11.3. The molecule has 0 spiro atoms. The van der Waals surface area contributed by atoms with Crippen LogP contribution in [0.1, 0.15) is 39.5 Å². The molecule has 0 aromatic heterocycles. The Bertz CT molecular complexity index is 178. The molecule has 1 aliphatic carbocycles. The van der Waals surface area contributed by atoms with Gasteiger partial charge < -0.3 is 15.7 Å². The quantitative estimate of drug-likeness (QED) is 0.638. The third kappa shape index (κ3) is 5.50. The molecule has 90 valence electrons. The lowest BCUT2D eigenvalue weighted by Crippen LogP contribution is -2.44. The topological polar surface area (TPSA) is 49.5 Å². The van der Waals surface area contributed by atoms with Crippen molar-refractivity contribution in [1.29, 1.82) is 0 Å². The molecule has 0 radical (unpaired) electrons. The smallest absolute Gasteiger partial charge is 0.0608 e. The molecule has 0 amide bonds. The number of aliphatic hydroxyl groups is 1. The van der Waals surface area contributed by atoms with Crippen LogP contribution in [0.5, 0.6) is 0 Å². The van der Waals surface area contributed by atoms with E-state index in [2.05, 4.69) is 11.8 Å². The maximum atomic E-state index is 9.09. The maximum absolute atomic E-state index is 9.09.